The quantitative estimate of drug-likeness (QED) is 0.640. The van der Waals surface area contributed by atoms with Crippen molar-refractivity contribution in [1.82, 2.24) is 4.57 Å². The summed E-state index contributed by atoms with van der Waals surface area (Å²) in [5.41, 5.74) is 1.72. The van der Waals surface area contributed by atoms with Crippen LogP contribution in [0.2, 0.25) is 6.55 Å². The van der Waals surface area contributed by atoms with E-state index in [4.69, 9.17) is 9.47 Å². The molecule has 1 aromatic heterocycles. The Bertz CT molecular complexity index is 1100. The zero-order valence-corrected chi connectivity index (χ0v) is 17.1. The number of hydrogen-bond acceptors (Lipinski definition) is 4. The second kappa shape index (κ2) is 7.81. The van der Waals surface area contributed by atoms with Crippen molar-refractivity contribution in [3.05, 3.63) is 59.0 Å². The number of pyridine rings is 1. The van der Waals surface area contributed by atoms with Crippen LogP contribution in [0.3, 0.4) is 0 Å². The van der Waals surface area contributed by atoms with E-state index in [1.807, 2.05) is 48.7 Å². The molecule has 6 heteroatoms. The molecule has 28 heavy (non-hydrogen) atoms. The van der Waals surface area contributed by atoms with E-state index in [9.17, 15) is 9.26 Å². The lowest BCUT2D eigenvalue weighted by atomic mass is 9.99. The Morgan fingerprint density at radius 2 is 1.93 bits per heavy atom. The minimum Gasteiger partial charge on any atom is -0.487 e. The van der Waals surface area contributed by atoms with Crippen LogP contribution in [0.25, 0.3) is 21.9 Å². The maximum Gasteiger partial charge on any atom is 0.308 e. The fourth-order valence-corrected chi connectivity index (χ4v) is 4.34. The third-order valence-electron chi connectivity index (χ3n) is 5.18. The summed E-state index contributed by atoms with van der Waals surface area (Å²) in [6.45, 7) is 3.08. The van der Waals surface area contributed by atoms with Gasteiger partial charge in [0.05, 0.1) is 6.61 Å². The molecule has 2 aromatic carbocycles. The average Bonchev–Trinajstić information content (AvgIpc) is 2.72. The van der Waals surface area contributed by atoms with E-state index < -0.39 is 8.68 Å². The Hall–Kier alpha value is -2.57. The van der Waals surface area contributed by atoms with Crippen molar-refractivity contribution in [2.24, 2.45) is 7.05 Å². The van der Waals surface area contributed by atoms with Crippen molar-refractivity contribution < 1.29 is 13.9 Å². The van der Waals surface area contributed by atoms with Gasteiger partial charge in [0.25, 0.3) is 5.56 Å². The van der Waals surface area contributed by atoms with Gasteiger partial charge in [-0.15, -0.1) is 0 Å². The van der Waals surface area contributed by atoms with Gasteiger partial charge in [-0.3, -0.25) is 4.79 Å². The van der Waals surface area contributed by atoms with Gasteiger partial charge in [-0.05, 0) is 48.2 Å². The van der Waals surface area contributed by atoms with E-state index in [1.54, 1.807) is 18.2 Å². The van der Waals surface area contributed by atoms with Gasteiger partial charge in [0.1, 0.15) is 11.9 Å². The smallest absolute Gasteiger partial charge is 0.308 e. The van der Waals surface area contributed by atoms with Gasteiger partial charge >= 0.3 is 8.68 Å². The van der Waals surface area contributed by atoms with Crippen LogP contribution >= 0.6 is 0 Å². The topological polar surface area (TPSA) is 57.5 Å². The summed E-state index contributed by atoms with van der Waals surface area (Å²) >= 11 is 0. The molecule has 0 N–H and O–H groups in total. The minimum atomic E-state index is -1.86. The Labute approximate surface area is 165 Å². The summed E-state index contributed by atoms with van der Waals surface area (Å²) in [5, 5.41) is 2.32. The van der Waals surface area contributed by atoms with Crippen LogP contribution in [0.15, 0.2) is 53.5 Å². The normalized spacial score (nSPS) is 16.9. The lowest BCUT2D eigenvalue weighted by molar-refractivity contribution is 0.00769. The van der Waals surface area contributed by atoms with Gasteiger partial charge in [-0.2, -0.15) is 0 Å². The molecule has 0 radical (unpaired) electrons. The van der Waals surface area contributed by atoms with Crippen LogP contribution in [0, 0.1) is 0 Å². The molecule has 0 saturated carbocycles. The lowest BCUT2D eigenvalue weighted by Gasteiger charge is -2.25. The molecule has 2 heterocycles. The molecule has 5 nitrogen and oxygen atoms in total. The largest absolute Gasteiger partial charge is 0.487 e. The molecule has 0 aliphatic carbocycles. The zero-order chi connectivity index (χ0) is 19.7. The second-order valence-corrected chi connectivity index (χ2v) is 8.92. The third-order valence-corrected chi connectivity index (χ3v) is 6.30. The van der Waals surface area contributed by atoms with Gasteiger partial charge < -0.3 is 18.5 Å². The van der Waals surface area contributed by atoms with E-state index >= 15 is 0 Å². The predicted octanol–water partition coefficient (Wildman–Crippen LogP) is 3.02. The van der Waals surface area contributed by atoms with Crippen LogP contribution in [0.4, 0.5) is 0 Å². The van der Waals surface area contributed by atoms with Crippen molar-refractivity contribution in [2.75, 3.05) is 13.2 Å². The minimum absolute atomic E-state index is 0.00389. The van der Waals surface area contributed by atoms with Crippen LogP contribution < -0.4 is 15.5 Å². The van der Waals surface area contributed by atoms with Gasteiger partial charge in [-0.1, -0.05) is 24.3 Å². The molecular weight excluding hydrogens is 370 g/mol. The molecule has 1 unspecified atom stereocenters. The van der Waals surface area contributed by atoms with E-state index in [1.165, 1.54) is 0 Å². The first kappa shape index (κ1) is 18.8. The summed E-state index contributed by atoms with van der Waals surface area (Å²) < 4.78 is 25.6. The molecule has 3 aromatic rings. The van der Waals surface area contributed by atoms with Crippen molar-refractivity contribution in [3.8, 4) is 16.9 Å². The summed E-state index contributed by atoms with van der Waals surface area (Å²) in [6, 6.07) is 13.3. The van der Waals surface area contributed by atoms with Gasteiger partial charge in [0, 0.05) is 36.4 Å². The monoisotopic (exact) mass is 393 g/mol. The van der Waals surface area contributed by atoms with Crippen LogP contribution in [-0.4, -0.2) is 32.6 Å². The van der Waals surface area contributed by atoms with Gasteiger partial charge in [-0.25, -0.2) is 0 Å². The number of fused-ring (bicyclic) bond motifs is 1. The third kappa shape index (κ3) is 3.57. The molecule has 1 atom stereocenters. The molecule has 1 saturated heterocycles. The molecule has 144 valence electrons. The molecule has 0 spiro atoms. The first-order chi connectivity index (χ1) is 13.5. The number of hydrogen-bond donors (Lipinski definition) is 0. The van der Waals surface area contributed by atoms with Crippen molar-refractivity contribution in [2.45, 2.75) is 25.5 Å². The van der Waals surface area contributed by atoms with E-state index in [0.29, 0.717) is 12.0 Å². The van der Waals surface area contributed by atoms with Gasteiger partial charge in [0.2, 0.25) is 0 Å². The standard InChI is InChI=1S/C22H23NO4Si/c1-23-13-20(17-7-3-4-8-18(17)22(23)24)19-12-16(28(2)25)9-10-21(19)27-15-6-5-11-26-14-15/h3-4,7-10,12-13,15H,5-6,11,14H2,1-2H3. The van der Waals surface area contributed by atoms with E-state index in [2.05, 4.69) is 0 Å². The van der Waals surface area contributed by atoms with Crippen LogP contribution in [0.1, 0.15) is 12.8 Å². The Kier molecular flexibility index (Phi) is 5.24. The summed E-state index contributed by atoms with van der Waals surface area (Å²) in [6.07, 6.45) is 3.75. The zero-order valence-electron chi connectivity index (χ0n) is 16.1. The Morgan fingerprint density at radius 3 is 2.64 bits per heavy atom. The number of benzene rings is 2. The molecule has 0 bridgehead atoms. The second-order valence-electron chi connectivity index (χ2n) is 7.23. The maximum atomic E-state index is 12.6. The Morgan fingerprint density at radius 1 is 1.14 bits per heavy atom. The molecule has 0 amide bonds. The Balaban J connectivity index is 1.91. The highest BCUT2D eigenvalue weighted by molar-refractivity contribution is 6.58. The highest BCUT2D eigenvalue weighted by Crippen LogP contribution is 2.34. The van der Waals surface area contributed by atoms with Crippen LogP contribution in [-0.2, 0) is 16.2 Å². The average molecular weight is 394 g/mol. The number of rotatable bonds is 4. The summed E-state index contributed by atoms with van der Waals surface area (Å²) in [5.74, 6) is 0.728. The number of aryl methyl sites for hydroxylation is 1. The van der Waals surface area contributed by atoms with Crippen molar-refractivity contribution in [3.63, 3.8) is 0 Å². The molecule has 1 aliphatic heterocycles. The number of nitrogens with zero attached hydrogens (tertiary/aromatic N) is 1. The lowest BCUT2D eigenvalue weighted by Crippen LogP contribution is -2.28. The summed E-state index contributed by atoms with van der Waals surface area (Å²) in [7, 11) is -0.109. The predicted molar refractivity (Wildman–Crippen MR) is 111 cm³/mol. The first-order valence-electron chi connectivity index (χ1n) is 9.53. The van der Waals surface area contributed by atoms with Gasteiger partial charge in [0.15, 0.2) is 0 Å². The summed E-state index contributed by atoms with van der Waals surface area (Å²) in [4.78, 5) is 12.6. The highest BCUT2D eigenvalue weighted by Gasteiger charge is 2.20. The van der Waals surface area contributed by atoms with Crippen molar-refractivity contribution in [1.29, 1.82) is 0 Å². The SMILES string of the molecule is Cn1cc(-c2cc([Si](C)=O)ccc2OC2CCCOC2)c2ccccc2c1=O. The molecular formula is C22H23NO4Si. The molecule has 1 aliphatic rings. The molecule has 1 fully saturated rings. The van der Waals surface area contributed by atoms with Crippen LogP contribution in [0.5, 0.6) is 5.75 Å². The fraction of sp³-hybridized carbons (Fsp3) is 0.318. The number of ether oxygens (including phenoxy) is 2. The highest BCUT2D eigenvalue weighted by atomic mass is 28.3. The van der Waals surface area contributed by atoms with E-state index in [-0.39, 0.29) is 11.7 Å². The maximum absolute atomic E-state index is 12.6. The van der Waals surface area contributed by atoms with E-state index in [0.717, 1.165) is 46.9 Å². The number of aromatic nitrogens is 1. The fourth-order valence-electron chi connectivity index (χ4n) is 3.68. The molecule has 4 rings (SSSR count). The first-order valence-corrected chi connectivity index (χ1v) is 11.4. The van der Waals surface area contributed by atoms with Crippen molar-refractivity contribution >= 4 is 24.6 Å².